The third kappa shape index (κ3) is 3.01. The molecule has 7 heteroatoms. The Balaban J connectivity index is 1.94. The highest BCUT2D eigenvalue weighted by atomic mass is 16.2. The fourth-order valence-electron chi connectivity index (χ4n) is 3.99. The van der Waals surface area contributed by atoms with Crippen molar-refractivity contribution in [2.24, 2.45) is 13.0 Å². The number of benzene rings is 1. The summed E-state index contributed by atoms with van der Waals surface area (Å²) in [6, 6.07) is 10.3. The quantitative estimate of drug-likeness (QED) is 0.524. The van der Waals surface area contributed by atoms with Crippen molar-refractivity contribution in [3.8, 4) is 0 Å². The average molecular weight is 393 g/mol. The molecule has 0 radical (unpaired) electrons. The lowest BCUT2D eigenvalue weighted by molar-refractivity contribution is 0.484. The molecule has 7 nitrogen and oxygen atoms in total. The van der Waals surface area contributed by atoms with E-state index in [4.69, 9.17) is 4.98 Å². The highest BCUT2D eigenvalue weighted by Gasteiger charge is 2.22. The lowest BCUT2D eigenvalue weighted by atomic mass is 10.1. The summed E-state index contributed by atoms with van der Waals surface area (Å²) >= 11 is 0. The van der Waals surface area contributed by atoms with Crippen LogP contribution >= 0.6 is 0 Å². The van der Waals surface area contributed by atoms with Gasteiger partial charge in [-0.05, 0) is 31.7 Å². The molecule has 4 aromatic rings. The Hall–Kier alpha value is -3.09. The summed E-state index contributed by atoms with van der Waals surface area (Å²) in [6.45, 7) is 9.19. The van der Waals surface area contributed by atoms with Gasteiger partial charge in [-0.2, -0.15) is 4.98 Å². The Morgan fingerprint density at radius 3 is 2.34 bits per heavy atom. The largest absolute Gasteiger partial charge is 0.332 e. The molecule has 0 unspecified atom stereocenters. The van der Waals surface area contributed by atoms with Gasteiger partial charge in [0.25, 0.3) is 5.56 Å². The van der Waals surface area contributed by atoms with Gasteiger partial charge in [0.05, 0.1) is 0 Å². The maximum absolute atomic E-state index is 13.2. The number of imidazole rings is 2. The first-order valence-electron chi connectivity index (χ1n) is 10.0. The van der Waals surface area contributed by atoms with Crippen LogP contribution in [0.5, 0.6) is 0 Å². The number of nitrogens with zero attached hydrogens (tertiary/aromatic N) is 5. The lowest BCUT2D eigenvalue weighted by Gasteiger charge is -2.10. The smallest absolute Gasteiger partial charge is 0.314 e. The number of fused-ring (bicyclic) bond motifs is 3. The minimum Gasteiger partial charge on any atom is -0.314 e. The molecule has 1 aromatic carbocycles. The monoisotopic (exact) mass is 393 g/mol. The molecule has 0 bridgehead atoms. The third-order valence-electron chi connectivity index (χ3n) is 5.64. The maximum Gasteiger partial charge on any atom is 0.332 e. The first-order chi connectivity index (χ1) is 13.8. The van der Waals surface area contributed by atoms with Gasteiger partial charge in [-0.25, -0.2) is 4.79 Å². The van der Waals surface area contributed by atoms with Crippen molar-refractivity contribution in [1.29, 1.82) is 0 Å². The van der Waals surface area contributed by atoms with Gasteiger partial charge in [-0.3, -0.25) is 18.3 Å². The fourth-order valence-corrected chi connectivity index (χ4v) is 3.99. The molecule has 0 atom stereocenters. The molecule has 0 aliphatic carbocycles. The molecule has 29 heavy (non-hydrogen) atoms. The van der Waals surface area contributed by atoms with Crippen molar-refractivity contribution in [1.82, 2.24) is 23.1 Å². The van der Waals surface area contributed by atoms with Crippen molar-refractivity contribution in [2.75, 3.05) is 0 Å². The van der Waals surface area contributed by atoms with E-state index in [0.717, 1.165) is 24.4 Å². The zero-order chi connectivity index (χ0) is 20.9. The summed E-state index contributed by atoms with van der Waals surface area (Å²) in [5.74, 6) is 0.903. The van der Waals surface area contributed by atoms with E-state index in [1.165, 1.54) is 14.7 Å². The zero-order valence-electron chi connectivity index (χ0n) is 17.6. The molecule has 0 fully saturated rings. The molecular formula is C22H27N5O2. The Morgan fingerprint density at radius 2 is 1.69 bits per heavy atom. The summed E-state index contributed by atoms with van der Waals surface area (Å²) in [6.07, 6.45) is 0.866. The van der Waals surface area contributed by atoms with Crippen LogP contribution in [-0.4, -0.2) is 23.1 Å². The molecule has 0 aliphatic rings. The molecule has 3 heterocycles. The van der Waals surface area contributed by atoms with Crippen LogP contribution < -0.4 is 11.2 Å². The van der Waals surface area contributed by atoms with Crippen LogP contribution in [0.15, 0.2) is 39.9 Å². The predicted octanol–water partition coefficient (Wildman–Crippen LogP) is 2.66. The first-order valence-corrected chi connectivity index (χ1v) is 10.0. The van der Waals surface area contributed by atoms with Crippen LogP contribution in [0.1, 0.15) is 30.8 Å². The first kappa shape index (κ1) is 19.2. The van der Waals surface area contributed by atoms with Crippen molar-refractivity contribution in [2.45, 2.75) is 47.2 Å². The molecule has 0 aliphatic heterocycles. The molecule has 0 saturated carbocycles. The van der Waals surface area contributed by atoms with Crippen molar-refractivity contribution in [3.63, 3.8) is 0 Å². The van der Waals surface area contributed by atoms with Crippen molar-refractivity contribution in [3.05, 3.63) is 68.1 Å². The van der Waals surface area contributed by atoms with E-state index in [9.17, 15) is 9.59 Å². The molecular weight excluding hydrogens is 366 g/mol. The molecule has 152 valence electrons. The van der Waals surface area contributed by atoms with Gasteiger partial charge in [-0.1, -0.05) is 44.2 Å². The highest BCUT2D eigenvalue weighted by Crippen LogP contribution is 2.21. The summed E-state index contributed by atoms with van der Waals surface area (Å²) in [5, 5.41) is 0. The Labute approximate surface area is 168 Å². The molecule has 0 saturated heterocycles. The van der Waals surface area contributed by atoms with Crippen LogP contribution in [-0.2, 0) is 26.6 Å². The third-order valence-corrected chi connectivity index (χ3v) is 5.64. The maximum atomic E-state index is 13.2. The molecule has 0 N–H and O–H groups in total. The predicted molar refractivity (Wildman–Crippen MR) is 115 cm³/mol. The summed E-state index contributed by atoms with van der Waals surface area (Å²) in [5.41, 5.74) is 3.62. The molecule has 4 rings (SSSR count). The second-order valence-corrected chi connectivity index (χ2v) is 8.13. The van der Waals surface area contributed by atoms with E-state index in [1.807, 2.05) is 43.4 Å². The molecule has 3 aromatic heterocycles. The Morgan fingerprint density at radius 1 is 1.00 bits per heavy atom. The second-order valence-electron chi connectivity index (χ2n) is 8.13. The van der Waals surface area contributed by atoms with E-state index in [1.54, 1.807) is 7.05 Å². The van der Waals surface area contributed by atoms with Crippen LogP contribution in [0.4, 0.5) is 0 Å². The SMILES string of the molecule is Cc1c(C)n2c3c(=O)n(CC(C)C)c(=O)n(C)c3nc2n1CCc1ccccc1. The lowest BCUT2D eigenvalue weighted by Crippen LogP contribution is -2.40. The summed E-state index contributed by atoms with van der Waals surface area (Å²) < 4.78 is 6.87. The number of hydrogen-bond donors (Lipinski definition) is 0. The van der Waals surface area contributed by atoms with Crippen molar-refractivity contribution >= 4 is 16.9 Å². The van der Waals surface area contributed by atoms with E-state index in [0.29, 0.717) is 23.5 Å². The number of hydrogen-bond acceptors (Lipinski definition) is 3. The topological polar surface area (TPSA) is 66.2 Å². The average Bonchev–Trinajstić information content (AvgIpc) is 3.19. The van der Waals surface area contributed by atoms with Crippen molar-refractivity contribution < 1.29 is 0 Å². The Bertz CT molecular complexity index is 1320. The van der Waals surface area contributed by atoms with Gasteiger partial charge in [0.1, 0.15) is 0 Å². The van der Waals surface area contributed by atoms with Gasteiger partial charge in [0.2, 0.25) is 5.78 Å². The van der Waals surface area contributed by atoms with Gasteiger partial charge < -0.3 is 4.57 Å². The minimum atomic E-state index is -0.317. The normalized spacial score (nSPS) is 11.9. The van der Waals surface area contributed by atoms with Gasteiger partial charge in [-0.15, -0.1) is 0 Å². The standard InChI is InChI=1S/C22H27N5O2/c1-14(2)13-26-20(28)18-19(24(5)22(26)29)23-21-25(15(3)16(4)27(18)21)12-11-17-9-7-6-8-10-17/h6-10,14H,11-13H2,1-5H3. The summed E-state index contributed by atoms with van der Waals surface area (Å²) in [4.78, 5) is 30.7. The van der Waals surface area contributed by atoms with E-state index >= 15 is 0 Å². The fraction of sp³-hybridized carbons (Fsp3) is 0.409. The number of aromatic nitrogens is 5. The van der Waals surface area contributed by atoms with E-state index < -0.39 is 0 Å². The van der Waals surface area contributed by atoms with Crippen LogP contribution in [0, 0.1) is 19.8 Å². The van der Waals surface area contributed by atoms with E-state index in [2.05, 4.69) is 23.6 Å². The second kappa shape index (κ2) is 7.06. The minimum absolute atomic E-state index is 0.194. The zero-order valence-corrected chi connectivity index (χ0v) is 17.6. The van der Waals surface area contributed by atoms with Crippen LogP contribution in [0.25, 0.3) is 16.9 Å². The molecule has 0 amide bonds. The van der Waals surface area contributed by atoms with Gasteiger partial charge >= 0.3 is 5.69 Å². The Kier molecular flexibility index (Phi) is 4.68. The van der Waals surface area contributed by atoms with Crippen LogP contribution in [0.2, 0.25) is 0 Å². The highest BCUT2D eigenvalue weighted by molar-refractivity contribution is 5.76. The number of aryl methyl sites for hydroxylation is 4. The van der Waals surface area contributed by atoms with E-state index in [-0.39, 0.29) is 17.2 Å². The van der Waals surface area contributed by atoms with Gasteiger partial charge in [0.15, 0.2) is 11.2 Å². The number of rotatable bonds is 5. The van der Waals surface area contributed by atoms with Gasteiger partial charge in [0, 0.05) is 31.5 Å². The molecule has 0 spiro atoms. The van der Waals surface area contributed by atoms with Crippen LogP contribution in [0.3, 0.4) is 0 Å². The summed E-state index contributed by atoms with van der Waals surface area (Å²) in [7, 11) is 1.68.